The average Bonchev–Trinajstić information content (AvgIpc) is 2.39. The number of carboxylic acid groups (broad SMARTS) is 1. The van der Waals surface area contributed by atoms with Crippen LogP contribution in [0.4, 0.5) is 0 Å². The van der Waals surface area contributed by atoms with Crippen LogP contribution >= 0.6 is 11.6 Å². The van der Waals surface area contributed by atoms with E-state index in [1.54, 1.807) is 12.1 Å². The van der Waals surface area contributed by atoms with Gasteiger partial charge < -0.3 is 5.11 Å². The Morgan fingerprint density at radius 1 is 1.15 bits per heavy atom. The summed E-state index contributed by atoms with van der Waals surface area (Å²) in [4.78, 5) is 11.6. The molecular formula is C17H17ClO2. The van der Waals surface area contributed by atoms with Gasteiger partial charge in [0.15, 0.2) is 0 Å². The highest BCUT2D eigenvalue weighted by Gasteiger charge is 2.22. The first kappa shape index (κ1) is 14.6. The van der Waals surface area contributed by atoms with Crippen molar-refractivity contribution in [2.24, 2.45) is 0 Å². The van der Waals surface area contributed by atoms with Gasteiger partial charge >= 0.3 is 5.97 Å². The molecule has 1 unspecified atom stereocenters. The van der Waals surface area contributed by atoms with Crippen molar-refractivity contribution in [2.45, 2.75) is 26.2 Å². The maximum absolute atomic E-state index is 11.6. The van der Waals surface area contributed by atoms with E-state index in [1.807, 2.05) is 44.2 Å². The van der Waals surface area contributed by atoms with Crippen molar-refractivity contribution in [1.82, 2.24) is 0 Å². The standard InChI is InChI=1S/C17H17ClO2/c1-11-3-8-15(12(2)9-11)16(17(19)20)10-13-4-6-14(18)7-5-13/h3-9,16H,10H2,1-2H3,(H,19,20). The van der Waals surface area contributed by atoms with E-state index in [1.165, 1.54) is 0 Å². The van der Waals surface area contributed by atoms with Crippen molar-refractivity contribution in [3.05, 3.63) is 69.7 Å². The van der Waals surface area contributed by atoms with Gasteiger partial charge in [-0.05, 0) is 49.1 Å². The van der Waals surface area contributed by atoms with Crippen LogP contribution in [-0.2, 0) is 11.2 Å². The number of hydrogen-bond donors (Lipinski definition) is 1. The normalized spacial score (nSPS) is 12.2. The number of carboxylic acids is 1. The fourth-order valence-electron chi connectivity index (χ4n) is 2.40. The first-order valence-corrected chi connectivity index (χ1v) is 6.89. The highest BCUT2D eigenvalue weighted by Crippen LogP contribution is 2.25. The fraction of sp³-hybridized carbons (Fsp3) is 0.235. The number of hydrogen-bond acceptors (Lipinski definition) is 1. The Labute approximate surface area is 124 Å². The van der Waals surface area contributed by atoms with Gasteiger partial charge in [0.1, 0.15) is 0 Å². The van der Waals surface area contributed by atoms with E-state index < -0.39 is 11.9 Å². The summed E-state index contributed by atoms with van der Waals surface area (Å²) in [6, 6.07) is 13.2. The predicted molar refractivity (Wildman–Crippen MR) is 81.4 cm³/mol. The van der Waals surface area contributed by atoms with E-state index in [-0.39, 0.29) is 0 Å². The Kier molecular flexibility index (Phi) is 4.46. The number of benzene rings is 2. The van der Waals surface area contributed by atoms with Crippen LogP contribution in [0.1, 0.15) is 28.2 Å². The molecule has 0 fully saturated rings. The third-order valence-corrected chi connectivity index (χ3v) is 3.70. The minimum Gasteiger partial charge on any atom is -0.481 e. The molecule has 0 saturated heterocycles. The minimum atomic E-state index is -0.799. The van der Waals surface area contributed by atoms with Crippen molar-refractivity contribution in [3.63, 3.8) is 0 Å². The van der Waals surface area contributed by atoms with E-state index in [0.29, 0.717) is 11.4 Å². The molecule has 0 aliphatic carbocycles. The van der Waals surface area contributed by atoms with Crippen LogP contribution in [-0.4, -0.2) is 11.1 Å². The van der Waals surface area contributed by atoms with Gasteiger partial charge in [-0.3, -0.25) is 4.79 Å². The molecule has 0 saturated carbocycles. The van der Waals surface area contributed by atoms with Gasteiger partial charge in [-0.2, -0.15) is 0 Å². The van der Waals surface area contributed by atoms with Crippen LogP contribution in [0.3, 0.4) is 0 Å². The third kappa shape index (κ3) is 3.40. The summed E-state index contributed by atoms with van der Waals surface area (Å²) in [5.41, 5.74) is 4.01. The first-order valence-electron chi connectivity index (χ1n) is 6.52. The summed E-state index contributed by atoms with van der Waals surface area (Å²) < 4.78 is 0. The van der Waals surface area contributed by atoms with Gasteiger partial charge in [0.05, 0.1) is 5.92 Å². The van der Waals surface area contributed by atoms with Gasteiger partial charge in [-0.1, -0.05) is 47.5 Å². The molecule has 0 radical (unpaired) electrons. The van der Waals surface area contributed by atoms with Crippen LogP contribution < -0.4 is 0 Å². The van der Waals surface area contributed by atoms with E-state index in [2.05, 4.69) is 0 Å². The van der Waals surface area contributed by atoms with Crippen LogP contribution in [0, 0.1) is 13.8 Å². The minimum absolute atomic E-state index is 0.469. The van der Waals surface area contributed by atoms with E-state index in [0.717, 1.165) is 22.3 Å². The third-order valence-electron chi connectivity index (χ3n) is 3.45. The Morgan fingerprint density at radius 2 is 1.80 bits per heavy atom. The molecule has 104 valence electrons. The molecule has 20 heavy (non-hydrogen) atoms. The lowest BCUT2D eigenvalue weighted by atomic mass is 9.88. The van der Waals surface area contributed by atoms with Gasteiger partial charge in [0.25, 0.3) is 0 Å². The summed E-state index contributed by atoms with van der Waals surface area (Å²) in [5.74, 6) is -1.33. The molecule has 0 heterocycles. The highest BCUT2D eigenvalue weighted by molar-refractivity contribution is 6.30. The second-order valence-corrected chi connectivity index (χ2v) is 5.52. The zero-order valence-corrected chi connectivity index (χ0v) is 12.3. The molecule has 0 aromatic heterocycles. The van der Waals surface area contributed by atoms with Crippen molar-refractivity contribution in [2.75, 3.05) is 0 Å². The Balaban J connectivity index is 2.31. The van der Waals surface area contributed by atoms with Crippen molar-refractivity contribution >= 4 is 17.6 Å². The molecule has 2 aromatic carbocycles. The maximum atomic E-state index is 11.6. The lowest BCUT2D eigenvalue weighted by molar-refractivity contribution is -0.138. The lowest BCUT2D eigenvalue weighted by Crippen LogP contribution is -2.15. The maximum Gasteiger partial charge on any atom is 0.311 e. The SMILES string of the molecule is Cc1ccc(C(Cc2ccc(Cl)cc2)C(=O)O)c(C)c1. The second-order valence-electron chi connectivity index (χ2n) is 5.08. The van der Waals surface area contributed by atoms with Crippen molar-refractivity contribution in [3.8, 4) is 0 Å². The van der Waals surface area contributed by atoms with Crippen LogP contribution in [0.25, 0.3) is 0 Å². The molecule has 2 nitrogen and oxygen atoms in total. The van der Waals surface area contributed by atoms with Crippen LogP contribution in [0.15, 0.2) is 42.5 Å². The predicted octanol–water partition coefficient (Wildman–Crippen LogP) is 4.37. The summed E-state index contributed by atoms with van der Waals surface area (Å²) in [5, 5.41) is 10.2. The Hall–Kier alpha value is -1.80. The van der Waals surface area contributed by atoms with E-state index >= 15 is 0 Å². The summed E-state index contributed by atoms with van der Waals surface area (Å²) >= 11 is 5.85. The quantitative estimate of drug-likeness (QED) is 0.907. The zero-order valence-electron chi connectivity index (χ0n) is 11.6. The summed E-state index contributed by atoms with van der Waals surface area (Å²) in [6.45, 7) is 3.96. The summed E-state index contributed by atoms with van der Waals surface area (Å²) in [7, 11) is 0. The number of halogens is 1. The lowest BCUT2D eigenvalue weighted by Gasteiger charge is -2.16. The van der Waals surface area contributed by atoms with Gasteiger partial charge in [-0.15, -0.1) is 0 Å². The topological polar surface area (TPSA) is 37.3 Å². The number of rotatable bonds is 4. The molecule has 0 bridgehead atoms. The first-order chi connectivity index (χ1) is 9.47. The molecule has 1 N–H and O–H groups in total. The van der Waals surface area contributed by atoms with E-state index in [9.17, 15) is 9.90 Å². The molecule has 0 aliphatic rings. The van der Waals surface area contributed by atoms with Crippen LogP contribution in [0.5, 0.6) is 0 Å². The Bertz CT molecular complexity index is 617. The van der Waals surface area contributed by atoms with E-state index in [4.69, 9.17) is 11.6 Å². The largest absolute Gasteiger partial charge is 0.481 e. The molecule has 1 atom stereocenters. The van der Waals surface area contributed by atoms with Crippen molar-refractivity contribution < 1.29 is 9.90 Å². The second kappa shape index (κ2) is 6.10. The smallest absolute Gasteiger partial charge is 0.311 e. The molecule has 3 heteroatoms. The van der Waals surface area contributed by atoms with Gasteiger partial charge in [-0.25, -0.2) is 0 Å². The van der Waals surface area contributed by atoms with Crippen molar-refractivity contribution in [1.29, 1.82) is 0 Å². The average molecular weight is 289 g/mol. The summed E-state index contributed by atoms with van der Waals surface area (Å²) in [6.07, 6.45) is 0.469. The molecule has 0 aliphatic heterocycles. The molecule has 0 spiro atoms. The molecule has 0 amide bonds. The molecular weight excluding hydrogens is 272 g/mol. The zero-order chi connectivity index (χ0) is 14.7. The molecule has 2 aromatic rings. The Morgan fingerprint density at radius 3 is 2.35 bits per heavy atom. The fourth-order valence-corrected chi connectivity index (χ4v) is 2.53. The van der Waals surface area contributed by atoms with Crippen LogP contribution in [0.2, 0.25) is 5.02 Å². The molecule has 2 rings (SSSR count). The highest BCUT2D eigenvalue weighted by atomic mass is 35.5. The van der Waals surface area contributed by atoms with Gasteiger partial charge in [0.2, 0.25) is 0 Å². The number of carbonyl (C=O) groups is 1. The number of aryl methyl sites for hydroxylation is 2. The number of aliphatic carboxylic acids is 1. The monoisotopic (exact) mass is 288 g/mol. The van der Waals surface area contributed by atoms with Gasteiger partial charge in [0, 0.05) is 5.02 Å².